The third kappa shape index (κ3) is 5.14. The number of halogens is 1. The van der Waals surface area contributed by atoms with Crippen LogP contribution in [0.3, 0.4) is 0 Å². The zero-order valence-electron chi connectivity index (χ0n) is 14.8. The van der Waals surface area contributed by atoms with E-state index in [-0.39, 0.29) is 18.3 Å². The van der Waals surface area contributed by atoms with Crippen molar-refractivity contribution < 1.29 is 4.79 Å². The number of para-hydroxylation sites is 1. The molecule has 0 saturated carbocycles. The van der Waals surface area contributed by atoms with Gasteiger partial charge in [0.2, 0.25) is 0 Å². The quantitative estimate of drug-likeness (QED) is 0.591. The van der Waals surface area contributed by atoms with Gasteiger partial charge in [-0.15, -0.1) is 12.4 Å². The average molecular weight is 388 g/mol. The molecule has 1 aromatic heterocycles. The van der Waals surface area contributed by atoms with Gasteiger partial charge in [-0.1, -0.05) is 53.8 Å². The number of anilines is 1. The highest BCUT2D eigenvalue weighted by atomic mass is 35.5. The number of carbonyl (C=O) groups is 1. The summed E-state index contributed by atoms with van der Waals surface area (Å²) in [4.78, 5) is 21.2. The van der Waals surface area contributed by atoms with E-state index in [2.05, 4.69) is 9.88 Å². The molecule has 0 fully saturated rings. The molecule has 0 spiro atoms. The average Bonchev–Trinajstić information content (AvgIpc) is 3.04. The fourth-order valence-electron chi connectivity index (χ4n) is 2.40. The number of fused-ring (bicyclic) bond motifs is 1. The van der Waals surface area contributed by atoms with E-state index in [1.807, 2.05) is 74.8 Å². The summed E-state index contributed by atoms with van der Waals surface area (Å²) in [6, 6.07) is 17.8. The molecule has 4 nitrogen and oxygen atoms in total. The Hall–Kier alpha value is -2.21. The minimum absolute atomic E-state index is 0. The molecule has 6 heteroatoms. The molecule has 1 amide bonds. The van der Waals surface area contributed by atoms with Gasteiger partial charge in [0.15, 0.2) is 5.13 Å². The standard InChI is InChI=1S/C20H21N3OS.ClH/c1-22(2)14-15-23(19(24)13-12-16-8-4-3-5-9-16)20-21-17-10-6-7-11-18(17)25-20;/h3-13H,14-15H2,1-2H3;1H. The molecule has 0 aliphatic rings. The highest BCUT2D eigenvalue weighted by Crippen LogP contribution is 2.28. The Labute approximate surface area is 164 Å². The van der Waals surface area contributed by atoms with Gasteiger partial charge in [-0.2, -0.15) is 0 Å². The number of rotatable bonds is 6. The van der Waals surface area contributed by atoms with E-state index in [4.69, 9.17) is 0 Å². The summed E-state index contributed by atoms with van der Waals surface area (Å²) in [6.45, 7) is 1.38. The topological polar surface area (TPSA) is 36.4 Å². The summed E-state index contributed by atoms with van der Waals surface area (Å²) in [5.74, 6) is -0.0511. The highest BCUT2D eigenvalue weighted by molar-refractivity contribution is 7.22. The molecule has 1 heterocycles. The van der Waals surface area contributed by atoms with Crippen molar-refractivity contribution in [1.29, 1.82) is 0 Å². The van der Waals surface area contributed by atoms with Crippen molar-refractivity contribution in [3.8, 4) is 0 Å². The molecule has 0 bridgehead atoms. The van der Waals surface area contributed by atoms with E-state index < -0.39 is 0 Å². The van der Waals surface area contributed by atoms with Crippen molar-refractivity contribution in [3.05, 3.63) is 66.2 Å². The lowest BCUT2D eigenvalue weighted by atomic mass is 10.2. The van der Waals surface area contributed by atoms with Crippen LogP contribution in [0, 0.1) is 0 Å². The number of hydrogen-bond acceptors (Lipinski definition) is 4. The summed E-state index contributed by atoms with van der Waals surface area (Å²) in [5.41, 5.74) is 1.94. The van der Waals surface area contributed by atoms with Gasteiger partial charge in [0, 0.05) is 19.2 Å². The Balaban J connectivity index is 0.00000243. The first-order valence-electron chi connectivity index (χ1n) is 8.18. The van der Waals surface area contributed by atoms with E-state index in [0.29, 0.717) is 6.54 Å². The Morgan fingerprint density at radius 3 is 2.42 bits per heavy atom. The van der Waals surface area contributed by atoms with Crippen LogP contribution in [0.1, 0.15) is 5.56 Å². The second-order valence-electron chi connectivity index (χ2n) is 6.00. The summed E-state index contributed by atoms with van der Waals surface area (Å²) in [6.07, 6.45) is 3.47. The van der Waals surface area contributed by atoms with Crippen LogP contribution in [0.25, 0.3) is 16.3 Å². The van der Waals surface area contributed by atoms with Crippen LogP contribution in [0.2, 0.25) is 0 Å². The molecule has 3 rings (SSSR count). The van der Waals surface area contributed by atoms with Crippen molar-refractivity contribution >= 4 is 51.1 Å². The highest BCUT2D eigenvalue weighted by Gasteiger charge is 2.17. The predicted molar refractivity (Wildman–Crippen MR) is 113 cm³/mol. The van der Waals surface area contributed by atoms with Crippen LogP contribution >= 0.6 is 23.7 Å². The van der Waals surface area contributed by atoms with Crippen LogP contribution in [0.15, 0.2) is 60.7 Å². The molecule has 3 aromatic rings. The molecule has 0 atom stereocenters. The maximum absolute atomic E-state index is 12.8. The molecule has 0 radical (unpaired) electrons. The van der Waals surface area contributed by atoms with E-state index in [1.165, 1.54) is 0 Å². The lowest BCUT2D eigenvalue weighted by Crippen LogP contribution is -2.35. The smallest absolute Gasteiger partial charge is 0.252 e. The largest absolute Gasteiger partial charge is 0.308 e. The van der Waals surface area contributed by atoms with Gasteiger partial charge in [-0.25, -0.2) is 4.98 Å². The second kappa shape index (κ2) is 9.48. The summed E-state index contributed by atoms with van der Waals surface area (Å²) < 4.78 is 1.09. The zero-order chi connectivity index (χ0) is 17.6. The van der Waals surface area contributed by atoms with E-state index in [1.54, 1.807) is 22.3 Å². The normalized spacial score (nSPS) is 11.0. The van der Waals surface area contributed by atoms with Crippen LogP contribution in [-0.2, 0) is 4.79 Å². The molecule has 26 heavy (non-hydrogen) atoms. The Kier molecular flexibility index (Phi) is 7.33. The molecule has 136 valence electrons. The van der Waals surface area contributed by atoms with Gasteiger partial charge in [0.25, 0.3) is 5.91 Å². The van der Waals surface area contributed by atoms with Crippen LogP contribution in [-0.4, -0.2) is 43.0 Å². The van der Waals surface area contributed by atoms with Crippen molar-refractivity contribution in [1.82, 2.24) is 9.88 Å². The second-order valence-corrected chi connectivity index (χ2v) is 7.01. The third-order valence-corrected chi connectivity index (χ3v) is 4.83. The van der Waals surface area contributed by atoms with Gasteiger partial charge in [0.05, 0.1) is 10.2 Å². The van der Waals surface area contributed by atoms with Gasteiger partial charge in [-0.3, -0.25) is 9.69 Å². The SMILES string of the molecule is CN(C)CCN(C(=O)C=Cc1ccccc1)c1nc2ccccc2s1.Cl. The first kappa shape index (κ1) is 20.1. The van der Waals surface area contributed by atoms with Crippen LogP contribution in [0.5, 0.6) is 0 Å². The Morgan fingerprint density at radius 1 is 1.04 bits per heavy atom. The number of amides is 1. The summed E-state index contributed by atoms with van der Waals surface area (Å²) in [5, 5.41) is 0.741. The summed E-state index contributed by atoms with van der Waals surface area (Å²) in [7, 11) is 4.00. The molecule has 0 saturated heterocycles. The molecule has 0 aliphatic heterocycles. The van der Waals surface area contributed by atoms with Gasteiger partial charge < -0.3 is 4.90 Å². The number of nitrogens with zero attached hydrogens (tertiary/aromatic N) is 3. The number of benzene rings is 2. The van der Waals surface area contributed by atoms with Gasteiger partial charge in [-0.05, 0) is 37.9 Å². The van der Waals surface area contributed by atoms with Crippen molar-refractivity contribution in [2.75, 3.05) is 32.1 Å². The van der Waals surface area contributed by atoms with Crippen LogP contribution in [0.4, 0.5) is 5.13 Å². The monoisotopic (exact) mass is 387 g/mol. The van der Waals surface area contributed by atoms with Crippen molar-refractivity contribution in [2.24, 2.45) is 0 Å². The summed E-state index contributed by atoms with van der Waals surface area (Å²) >= 11 is 1.55. The van der Waals surface area contributed by atoms with Crippen LogP contribution < -0.4 is 4.90 Å². The maximum atomic E-state index is 12.8. The van der Waals surface area contributed by atoms with E-state index in [9.17, 15) is 4.79 Å². The number of thiazole rings is 1. The molecule has 2 aromatic carbocycles. The van der Waals surface area contributed by atoms with E-state index in [0.717, 1.165) is 27.5 Å². The minimum Gasteiger partial charge on any atom is -0.308 e. The number of hydrogen-bond donors (Lipinski definition) is 0. The van der Waals surface area contributed by atoms with Gasteiger partial charge in [0.1, 0.15) is 0 Å². The molecule has 0 unspecified atom stereocenters. The molecule has 0 aliphatic carbocycles. The first-order valence-corrected chi connectivity index (χ1v) is 9.00. The molecular formula is C20H22ClN3OS. The Bertz CT molecular complexity index is 844. The maximum Gasteiger partial charge on any atom is 0.252 e. The third-order valence-electron chi connectivity index (χ3n) is 3.77. The fourth-order valence-corrected chi connectivity index (χ4v) is 3.39. The fraction of sp³-hybridized carbons (Fsp3) is 0.200. The lowest BCUT2D eigenvalue weighted by Gasteiger charge is -2.20. The minimum atomic E-state index is -0.0511. The Morgan fingerprint density at radius 2 is 1.73 bits per heavy atom. The van der Waals surface area contributed by atoms with Crippen molar-refractivity contribution in [3.63, 3.8) is 0 Å². The van der Waals surface area contributed by atoms with E-state index >= 15 is 0 Å². The van der Waals surface area contributed by atoms with Crippen molar-refractivity contribution in [2.45, 2.75) is 0 Å². The van der Waals surface area contributed by atoms with Gasteiger partial charge >= 0.3 is 0 Å². The lowest BCUT2D eigenvalue weighted by molar-refractivity contribution is -0.114. The predicted octanol–water partition coefficient (Wildman–Crippen LogP) is 4.33. The number of carbonyl (C=O) groups excluding carboxylic acids is 1. The molecule has 0 N–H and O–H groups in total. The molecular weight excluding hydrogens is 366 g/mol. The first-order chi connectivity index (χ1) is 12.1. The zero-order valence-corrected chi connectivity index (χ0v) is 16.5. The number of likely N-dealkylation sites (N-methyl/N-ethyl adjacent to an activating group) is 1. The number of aromatic nitrogens is 1.